The van der Waals surface area contributed by atoms with E-state index in [0.717, 1.165) is 61.0 Å². The first kappa shape index (κ1) is 25.9. The van der Waals surface area contributed by atoms with Crippen molar-refractivity contribution in [2.75, 3.05) is 50.5 Å². The fraction of sp³-hybridized carbons (Fsp3) is 0.360. The number of primary amides is 1. The number of halogens is 1. The monoisotopic (exact) mass is 503 g/mol. The van der Waals surface area contributed by atoms with Crippen LogP contribution in [0.3, 0.4) is 0 Å². The quantitative estimate of drug-likeness (QED) is 0.589. The van der Waals surface area contributed by atoms with Gasteiger partial charge in [0.2, 0.25) is 5.91 Å². The Labute approximate surface area is 209 Å². The van der Waals surface area contributed by atoms with Gasteiger partial charge < -0.3 is 20.5 Å². The van der Waals surface area contributed by atoms with Gasteiger partial charge in [0.15, 0.2) is 0 Å². The van der Waals surface area contributed by atoms with E-state index in [4.69, 9.17) is 27.2 Å². The van der Waals surface area contributed by atoms with E-state index in [1.807, 2.05) is 30.3 Å². The van der Waals surface area contributed by atoms with Crippen molar-refractivity contribution in [1.82, 2.24) is 4.90 Å². The largest absolute Gasteiger partial charge is 0.495 e. The lowest BCUT2D eigenvalue weighted by Gasteiger charge is -2.36. The molecule has 34 heavy (non-hydrogen) atoms. The second-order valence-corrected chi connectivity index (χ2v) is 9.47. The van der Waals surface area contributed by atoms with Gasteiger partial charge in [-0.1, -0.05) is 23.7 Å². The van der Waals surface area contributed by atoms with Gasteiger partial charge in [0.25, 0.3) is 0 Å². The predicted molar refractivity (Wildman–Crippen MR) is 138 cm³/mol. The van der Waals surface area contributed by atoms with Gasteiger partial charge in [-0.15, -0.1) is 11.8 Å². The number of thioether (sulfide) groups is 1. The highest BCUT2D eigenvalue weighted by Crippen LogP contribution is 2.33. The molecule has 0 atom stereocenters. The summed E-state index contributed by atoms with van der Waals surface area (Å²) in [5.74, 6) is 0.375. The molecule has 2 aliphatic heterocycles. The van der Waals surface area contributed by atoms with Gasteiger partial charge in [-0.3, -0.25) is 9.69 Å². The number of benzene rings is 2. The number of carbonyl (C=O) groups is 2. The van der Waals surface area contributed by atoms with Crippen LogP contribution in [0, 0.1) is 0 Å². The van der Waals surface area contributed by atoms with Crippen LogP contribution in [0.5, 0.6) is 5.75 Å². The van der Waals surface area contributed by atoms with Crippen LogP contribution < -0.4 is 15.4 Å². The summed E-state index contributed by atoms with van der Waals surface area (Å²) in [5.41, 5.74) is 7.63. The van der Waals surface area contributed by atoms with Gasteiger partial charge in [-0.05, 0) is 54.9 Å². The van der Waals surface area contributed by atoms with Crippen LogP contribution in [0.2, 0.25) is 5.02 Å². The van der Waals surface area contributed by atoms with Crippen LogP contribution in [0.1, 0.15) is 18.4 Å². The van der Waals surface area contributed by atoms with Crippen molar-refractivity contribution in [3.05, 3.63) is 58.6 Å². The lowest BCUT2D eigenvalue weighted by atomic mass is 10.1. The number of hydrogen-bond donors (Lipinski definition) is 2. The number of carboxylic acid groups (broad SMARTS) is 1. The number of carboxylic acids is 1. The van der Waals surface area contributed by atoms with Crippen LogP contribution in [0.15, 0.2) is 52.9 Å². The summed E-state index contributed by atoms with van der Waals surface area (Å²) in [6.07, 6.45) is 3.01. The summed E-state index contributed by atoms with van der Waals surface area (Å²) in [4.78, 5) is 27.3. The standard InChI is InChI=1S/C15H23N3O2.C10H7ClO2S/c1-20-14-6-3-2-5-13(14)18-11-9-17(10-12-18)8-4-7-15(16)19;11-8-1-2-9-6(4-8)3-7(5-14-9)10(12)13/h2-3,5-6H,4,7-12H2,1H3,(H2,16,19);1-4H,5H2,(H,12,13). The summed E-state index contributed by atoms with van der Waals surface area (Å²) in [6.45, 7) is 4.93. The molecular formula is C25H30ClN3O4S. The molecule has 0 aromatic heterocycles. The Morgan fingerprint density at radius 1 is 1.15 bits per heavy atom. The molecule has 2 aliphatic rings. The van der Waals surface area contributed by atoms with Crippen LogP contribution in [0.4, 0.5) is 5.69 Å². The van der Waals surface area contributed by atoms with Gasteiger partial charge in [0.1, 0.15) is 5.75 Å². The molecule has 9 heteroatoms. The van der Waals surface area contributed by atoms with Crippen molar-refractivity contribution in [3.63, 3.8) is 0 Å². The van der Waals surface area contributed by atoms with Crippen molar-refractivity contribution >= 4 is 47.0 Å². The van der Waals surface area contributed by atoms with Crippen molar-refractivity contribution in [2.45, 2.75) is 17.7 Å². The smallest absolute Gasteiger partial charge is 0.332 e. The Balaban J connectivity index is 0.000000202. The molecule has 1 amide bonds. The maximum atomic E-state index is 10.7. The molecule has 1 saturated heterocycles. The van der Waals surface area contributed by atoms with Crippen molar-refractivity contribution in [3.8, 4) is 5.75 Å². The van der Waals surface area contributed by atoms with Gasteiger partial charge in [0.05, 0.1) is 12.8 Å². The third kappa shape index (κ3) is 7.41. The molecule has 0 bridgehead atoms. The van der Waals surface area contributed by atoms with E-state index in [9.17, 15) is 9.59 Å². The number of para-hydroxylation sites is 2. The lowest BCUT2D eigenvalue weighted by molar-refractivity contribution is -0.132. The predicted octanol–water partition coefficient (Wildman–Crippen LogP) is 4.00. The first-order valence-corrected chi connectivity index (χ1v) is 12.5. The number of nitrogens with zero attached hydrogens (tertiary/aromatic N) is 2. The second kappa shape index (κ2) is 12.7. The van der Waals surface area contributed by atoms with Crippen molar-refractivity contribution < 1.29 is 19.4 Å². The molecule has 0 aliphatic carbocycles. The molecule has 4 rings (SSSR count). The number of rotatable bonds is 7. The van der Waals surface area contributed by atoms with Crippen LogP contribution >= 0.6 is 23.4 Å². The Morgan fingerprint density at radius 2 is 1.88 bits per heavy atom. The maximum absolute atomic E-state index is 10.7. The molecule has 2 heterocycles. The molecule has 0 radical (unpaired) electrons. The Hall–Kier alpha value is -2.68. The Bertz CT molecular complexity index is 1040. The number of aliphatic carboxylic acids is 1. The van der Waals surface area contributed by atoms with Gasteiger partial charge in [-0.25, -0.2) is 4.79 Å². The molecule has 3 N–H and O–H groups in total. The van der Waals surface area contributed by atoms with Gasteiger partial charge in [-0.2, -0.15) is 0 Å². The maximum Gasteiger partial charge on any atom is 0.332 e. The molecular weight excluding hydrogens is 474 g/mol. The Kier molecular flexibility index (Phi) is 9.68. The number of carbonyl (C=O) groups excluding carboxylic acids is 1. The molecule has 1 fully saturated rings. The van der Waals surface area contributed by atoms with Crippen LogP contribution in [-0.4, -0.2) is 67.5 Å². The molecule has 2 aromatic carbocycles. The number of nitrogens with two attached hydrogens (primary N) is 1. The number of fused-ring (bicyclic) bond motifs is 1. The fourth-order valence-electron chi connectivity index (χ4n) is 3.85. The van der Waals surface area contributed by atoms with Crippen LogP contribution in [-0.2, 0) is 9.59 Å². The van der Waals surface area contributed by atoms with Crippen molar-refractivity contribution in [2.24, 2.45) is 5.73 Å². The zero-order valence-corrected chi connectivity index (χ0v) is 20.8. The fourth-order valence-corrected chi connectivity index (χ4v) is 5.00. The average molecular weight is 504 g/mol. The summed E-state index contributed by atoms with van der Waals surface area (Å²) in [7, 11) is 1.71. The highest BCUT2D eigenvalue weighted by Gasteiger charge is 2.19. The highest BCUT2D eigenvalue weighted by molar-refractivity contribution is 7.99. The van der Waals surface area contributed by atoms with Crippen molar-refractivity contribution in [1.29, 1.82) is 0 Å². The minimum Gasteiger partial charge on any atom is -0.495 e. The highest BCUT2D eigenvalue weighted by atomic mass is 35.5. The number of ether oxygens (including phenoxy) is 1. The third-order valence-electron chi connectivity index (χ3n) is 5.66. The molecule has 2 aromatic rings. The number of amides is 1. The van der Waals surface area contributed by atoms with Gasteiger partial charge >= 0.3 is 5.97 Å². The first-order chi connectivity index (χ1) is 16.4. The normalized spacial score (nSPS) is 15.5. The average Bonchev–Trinajstić information content (AvgIpc) is 2.84. The summed E-state index contributed by atoms with van der Waals surface area (Å²) in [6, 6.07) is 13.6. The number of piperazine rings is 1. The van der Waals surface area contributed by atoms with E-state index < -0.39 is 5.97 Å². The number of anilines is 1. The van der Waals surface area contributed by atoms with Gasteiger partial charge in [0, 0.05) is 53.8 Å². The second-order valence-electron chi connectivity index (χ2n) is 8.02. The van der Waals surface area contributed by atoms with E-state index in [-0.39, 0.29) is 5.91 Å². The minimum absolute atomic E-state index is 0.211. The number of methoxy groups -OCH3 is 1. The summed E-state index contributed by atoms with van der Waals surface area (Å²) >= 11 is 7.34. The first-order valence-electron chi connectivity index (χ1n) is 11.1. The third-order valence-corrected chi connectivity index (χ3v) is 7.03. The molecule has 182 valence electrons. The summed E-state index contributed by atoms with van der Waals surface area (Å²) < 4.78 is 5.41. The minimum atomic E-state index is -0.858. The molecule has 0 unspecified atom stereocenters. The zero-order valence-electron chi connectivity index (χ0n) is 19.2. The number of hydrogen-bond acceptors (Lipinski definition) is 6. The Morgan fingerprint density at radius 3 is 2.56 bits per heavy atom. The lowest BCUT2D eigenvalue weighted by Crippen LogP contribution is -2.46. The molecule has 7 nitrogen and oxygen atoms in total. The SMILES string of the molecule is COc1ccccc1N1CCN(CCCC(N)=O)CC1.O=C(O)C1=Cc2cc(Cl)ccc2SC1. The summed E-state index contributed by atoms with van der Waals surface area (Å²) in [5, 5.41) is 9.45. The van der Waals surface area contributed by atoms with E-state index >= 15 is 0 Å². The van der Waals surface area contributed by atoms with E-state index in [2.05, 4.69) is 15.9 Å². The van der Waals surface area contributed by atoms with E-state index in [1.165, 1.54) is 11.8 Å². The molecule has 0 saturated carbocycles. The van der Waals surface area contributed by atoms with Crippen LogP contribution in [0.25, 0.3) is 6.08 Å². The topological polar surface area (TPSA) is 96.1 Å². The van der Waals surface area contributed by atoms with E-state index in [1.54, 1.807) is 19.3 Å². The van der Waals surface area contributed by atoms with E-state index in [0.29, 0.717) is 22.8 Å². The zero-order chi connectivity index (χ0) is 24.5. The molecule has 0 spiro atoms.